The van der Waals surface area contributed by atoms with Crippen molar-refractivity contribution in [3.8, 4) is 5.75 Å². The summed E-state index contributed by atoms with van der Waals surface area (Å²) >= 11 is 1.73. The number of hydrogen-bond donors (Lipinski definition) is 2. The van der Waals surface area contributed by atoms with Gasteiger partial charge in [0.15, 0.2) is 0 Å². The number of thiophene rings is 1. The van der Waals surface area contributed by atoms with Gasteiger partial charge in [-0.05, 0) is 46.4 Å². The van der Waals surface area contributed by atoms with Crippen LogP contribution >= 0.6 is 11.3 Å². The average molecular weight is 390 g/mol. The predicted molar refractivity (Wildman–Crippen MR) is 116 cm³/mol. The van der Waals surface area contributed by atoms with Crippen LogP contribution in [0.4, 0.5) is 0 Å². The van der Waals surface area contributed by atoms with E-state index in [1.807, 2.05) is 6.07 Å². The monoisotopic (exact) mass is 389 g/mol. The molecule has 3 nitrogen and oxygen atoms in total. The molecule has 0 saturated heterocycles. The van der Waals surface area contributed by atoms with Gasteiger partial charge in [0, 0.05) is 17.5 Å². The summed E-state index contributed by atoms with van der Waals surface area (Å²) in [5.74, 6) is 0.862. The molecule has 1 aromatic heterocycles. The summed E-state index contributed by atoms with van der Waals surface area (Å²) in [5, 5.41) is 15.8. The molecule has 1 heterocycles. The Bertz CT molecular complexity index is 711. The van der Waals surface area contributed by atoms with Crippen molar-refractivity contribution in [3.05, 3.63) is 51.7 Å². The lowest BCUT2D eigenvalue weighted by molar-refractivity contribution is 0.103. The molecule has 27 heavy (non-hydrogen) atoms. The zero-order chi connectivity index (χ0) is 20.2. The number of ether oxygens (including phenoxy) is 1. The second-order valence-corrected chi connectivity index (χ2v) is 10.3. The van der Waals surface area contributed by atoms with Crippen molar-refractivity contribution in [2.45, 2.75) is 71.4 Å². The van der Waals surface area contributed by atoms with Gasteiger partial charge in [-0.3, -0.25) is 0 Å². The fourth-order valence-corrected chi connectivity index (χ4v) is 3.66. The zero-order valence-corrected chi connectivity index (χ0v) is 18.6. The molecule has 0 radical (unpaired) electrons. The van der Waals surface area contributed by atoms with E-state index in [4.69, 9.17) is 4.74 Å². The molecule has 0 aliphatic rings. The van der Waals surface area contributed by atoms with Gasteiger partial charge in [0.05, 0.1) is 0 Å². The van der Waals surface area contributed by atoms with Crippen molar-refractivity contribution in [2.24, 2.45) is 0 Å². The van der Waals surface area contributed by atoms with E-state index in [1.165, 1.54) is 16.0 Å². The topological polar surface area (TPSA) is 41.5 Å². The first-order chi connectivity index (χ1) is 12.5. The average Bonchev–Trinajstić information content (AvgIpc) is 3.10. The highest BCUT2D eigenvalue weighted by atomic mass is 32.1. The van der Waals surface area contributed by atoms with Crippen molar-refractivity contribution in [1.82, 2.24) is 5.32 Å². The van der Waals surface area contributed by atoms with Crippen molar-refractivity contribution in [3.63, 3.8) is 0 Å². The van der Waals surface area contributed by atoms with Gasteiger partial charge in [0.25, 0.3) is 0 Å². The molecular formula is C23H35NO2S. The highest BCUT2D eigenvalue weighted by Gasteiger charge is 2.23. The summed E-state index contributed by atoms with van der Waals surface area (Å²) in [6.07, 6.45) is -0.553. The lowest BCUT2D eigenvalue weighted by Crippen LogP contribution is -2.33. The fraction of sp³-hybridized carbons (Fsp3) is 0.565. The Kier molecular flexibility index (Phi) is 7.12. The third kappa shape index (κ3) is 6.34. The van der Waals surface area contributed by atoms with Crippen molar-refractivity contribution in [1.29, 1.82) is 0 Å². The van der Waals surface area contributed by atoms with Gasteiger partial charge < -0.3 is 15.2 Å². The molecule has 2 rings (SSSR count). The maximum absolute atomic E-state index is 10.4. The van der Waals surface area contributed by atoms with E-state index in [1.54, 1.807) is 11.3 Å². The first-order valence-corrected chi connectivity index (χ1v) is 10.6. The smallest absolute Gasteiger partial charge is 0.123 e. The standard InChI is InChI=1S/C23H35NO2S/c1-16(21-9-8-12-27-21)24-14-18(25)15-26-20-11-10-17(22(2,3)4)13-19(20)23(5,6)7/h8-13,16,18,24-25H,14-15H2,1-7H3. The van der Waals surface area contributed by atoms with Gasteiger partial charge in [0.2, 0.25) is 0 Å². The van der Waals surface area contributed by atoms with Crippen molar-refractivity contribution >= 4 is 11.3 Å². The Balaban J connectivity index is 1.99. The van der Waals surface area contributed by atoms with E-state index >= 15 is 0 Å². The minimum Gasteiger partial charge on any atom is -0.491 e. The van der Waals surface area contributed by atoms with Gasteiger partial charge in [-0.25, -0.2) is 0 Å². The Morgan fingerprint density at radius 2 is 1.78 bits per heavy atom. The van der Waals surface area contributed by atoms with E-state index in [9.17, 15) is 5.11 Å². The van der Waals surface area contributed by atoms with E-state index < -0.39 is 6.10 Å². The van der Waals surface area contributed by atoms with Crippen LogP contribution in [0.25, 0.3) is 0 Å². The molecule has 0 saturated carbocycles. The third-order valence-electron chi connectivity index (χ3n) is 4.71. The molecule has 0 aliphatic heterocycles. The molecule has 2 N–H and O–H groups in total. The van der Waals surface area contributed by atoms with Crippen LogP contribution in [-0.2, 0) is 10.8 Å². The Labute approximate surface area is 168 Å². The second kappa shape index (κ2) is 8.76. The predicted octanol–water partition coefficient (Wildman–Crippen LogP) is 5.43. The summed E-state index contributed by atoms with van der Waals surface area (Å²) in [4.78, 5) is 1.27. The summed E-state index contributed by atoms with van der Waals surface area (Å²) in [6.45, 7) is 16.2. The van der Waals surface area contributed by atoms with Crippen LogP contribution < -0.4 is 10.1 Å². The van der Waals surface area contributed by atoms with Crippen LogP contribution in [0, 0.1) is 0 Å². The van der Waals surface area contributed by atoms with Crippen LogP contribution in [0.15, 0.2) is 35.7 Å². The molecular weight excluding hydrogens is 354 g/mol. The number of aliphatic hydroxyl groups is 1. The first kappa shape index (κ1) is 21.9. The minimum atomic E-state index is -0.553. The normalized spacial score (nSPS) is 14.8. The Hall–Kier alpha value is -1.36. The highest BCUT2D eigenvalue weighted by molar-refractivity contribution is 7.10. The van der Waals surface area contributed by atoms with Crippen LogP contribution in [0.2, 0.25) is 0 Å². The number of nitrogens with one attached hydrogen (secondary N) is 1. The van der Waals surface area contributed by atoms with Crippen LogP contribution in [-0.4, -0.2) is 24.4 Å². The number of benzene rings is 1. The molecule has 2 unspecified atom stereocenters. The maximum atomic E-state index is 10.4. The molecule has 0 spiro atoms. The van der Waals surface area contributed by atoms with E-state index in [2.05, 4.69) is 83.4 Å². The van der Waals surface area contributed by atoms with Gasteiger partial charge in [-0.15, -0.1) is 11.3 Å². The van der Waals surface area contributed by atoms with Gasteiger partial charge in [-0.2, -0.15) is 0 Å². The van der Waals surface area contributed by atoms with Crippen molar-refractivity contribution in [2.75, 3.05) is 13.2 Å². The number of aliphatic hydroxyl groups excluding tert-OH is 1. The quantitative estimate of drug-likeness (QED) is 0.663. The van der Waals surface area contributed by atoms with Crippen LogP contribution in [0.3, 0.4) is 0 Å². The summed E-state index contributed by atoms with van der Waals surface area (Å²) in [5.41, 5.74) is 2.56. The van der Waals surface area contributed by atoms with E-state index in [0.29, 0.717) is 6.54 Å². The van der Waals surface area contributed by atoms with Gasteiger partial charge in [0.1, 0.15) is 18.5 Å². The summed E-state index contributed by atoms with van der Waals surface area (Å²) in [6, 6.07) is 10.8. The lowest BCUT2D eigenvalue weighted by Gasteiger charge is -2.27. The SMILES string of the molecule is CC(NCC(O)COc1ccc(C(C)(C)C)cc1C(C)(C)C)c1cccs1. The summed E-state index contributed by atoms with van der Waals surface area (Å²) < 4.78 is 6.03. The van der Waals surface area contributed by atoms with Crippen LogP contribution in [0.1, 0.15) is 70.5 Å². The fourth-order valence-electron chi connectivity index (χ4n) is 2.90. The molecule has 2 aromatic rings. The molecule has 2 atom stereocenters. The Morgan fingerprint density at radius 3 is 2.33 bits per heavy atom. The molecule has 4 heteroatoms. The minimum absolute atomic E-state index is 0.0204. The lowest BCUT2D eigenvalue weighted by atomic mass is 9.80. The molecule has 0 bridgehead atoms. The largest absolute Gasteiger partial charge is 0.491 e. The van der Waals surface area contributed by atoms with E-state index in [-0.39, 0.29) is 23.5 Å². The zero-order valence-electron chi connectivity index (χ0n) is 17.8. The third-order valence-corrected chi connectivity index (χ3v) is 5.77. The first-order valence-electron chi connectivity index (χ1n) is 9.71. The van der Waals surface area contributed by atoms with Crippen LogP contribution in [0.5, 0.6) is 5.75 Å². The van der Waals surface area contributed by atoms with Crippen molar-refractivity contribution < 1.29 is 9.84 Å². The highest BCUT2D eigenvalue weighted by Crippen LogP contribution is 2.35. The van der Waals surface area contributed by atoms with Gasteiger partial charge >= 0.3 is 0 Å². The van der Waals surface area contributed by atoms with Gasteiger partial charge in [-0.1, -0.05) is 59.7 Å². The summed E-state index contributed by atoms with van der Waals surface area (Å²) in [7, 11) is 0. The maximum Gasteiger partial charge on any atom is 0.123 e. The molecule has 0 fully saturated rings. The molecule has 0 amide bonds. The number of hydrogen-bond acceptors (Lipinski definition) is 4. The number of rotatable bonds is 7. The molecule has 150 valence electrons. The molecule has 1 aromatic carbocycles. The molecule has 0 aliphatic carbocycles. The Morgan fingerprint density at radius 1 is 1.07 bits per heavy atom. The second-order valence-electron chi connectivity index (χ2n) is 9.32. The van der Waals surface area contributed by atoms with E-state index in [0.717, 1.165) is 5.75 Å².